The zero-order valence-corrected chi connectivity index (χ0v) is 31.2. The van der Waals surface area contributed by atoms with Gasteiger partial charge in [0, 0.05) is 0 Å². The molecule has 0 aromatic rings. The van der Waals surface area contributed by atoms with E-state index in [1.807, 2.05) is 13.0 Å². The molecule has 0 radical (unpaired) electrons. The van der Waals surface area contributed by atoms with Gasteiger partial charge in [0.2, 0.25) is 5.91 Å². The summed E-state index contributed by atoms with van der Waals surface area (Å²) in [6.45, 7) is 3.77. The zero-order valence-electron chi connectivity index (χ0n) is 31.2. The average molecular weight is 676 g/mol. The maximum Gasteiger partial charge on any atom is 0.249 e. The third kappa shape index (κ3) is 30.3. The van der Waals surface area contributed by atoms with Crippen LogP contribution in [0.2, 0.25) is 0 Å². The number of carbonyl (C=O) groups excluding carboxylic acids is 1. The Bertz CT molecular complexity index is 808. The van der Waals surface area contributed by atoms with Crippen molar-refractivity contribution in [3.8, 4) is 0 Å². The van der Waals surface area contributed by atoms with Gasteiger partial charge in [0.25, 0.3) is 0 Å². The van der Waals surface area contributed by atoms with Crippen molar-refractivity contribution in [2.45, 2.75) is 205 Å². The number of aliphatic hydroxyl groups excluding tert-OH is 4. The van der Waals surface area contributed by atoms with Gasteiger partial charge in [0.15, 0.2) is 0 Å². The molecule has 0 aromatic carbocycles. The number of carbonyl (C=O) groups is 1. The number of aliphatic hydroxyl groups is 4. The Kier molecular flexibility index (Phi) is 35.2. The van der Waals surface area contributed by atoms with Crippen LogP contribution in [0.1, 0.15) is 181 Å². The van der Waals surface area contributed by atoms with Gasteiger partial charge in [-0.2, -0.15) is 0 Å². The maximum atomic E-state index is 12.4. The van der Waals surface area contributed by atoms with E-state index in [1.54, 1.807) is 0 Å². The number of unbranched alkanes of at least 4 members (excludes halogenated alkanes) is 19. The van der Waals surface area contributed by atoms with Crippen molar-refractivity contribution in [3.05, 3.63) is 48.6 Å². The minimum absolute atomic E-state index is 0.351. The Labute approximate surface area is 296 Å². The molecular formula is C42H77NO5. The summed E-state index contributed by atoms with van der Waals surface area (Å²) in [6, 6.07) is -1.01. The summed E-state index contributed by atoms with van der Waals surface area (Å²) in [5, 5.41) is 43.2. The van der Waals surface area contributed by atoms with Crippen LogP contribution < -0.4 is 5.32 Å². The van der Waals surface area contributed by atoms with Crippen molar-refractivity contribution in [2.75, 3.05) is 6.61 Å². The van der Waals surface area contributed by atoms with Crippen LogP contribution in [0.5, 0.6) is 0 Å². The van der Waals surface area contributed by atoms with Crippen LogP contribution in [-0.2, 0) is 4.79 Å². The summed E-state index contributed by atoms with van der Waals surface area (Å²) in [6.07, 6.45) is 43.2. The topological polar surface area (TPSA) is 110 Å². The zero-order chi connectivity index (χ0) is 35.3. The van der Waals surface area contributed by atoms with Gasteiger partial charge in [-0.15, -0.1) is 0 Å². The molecule has 0 heterocycles. The third-order valence-electron chi connectivity index (χ3n) is 9.08. The van der Waals surface area contributed by atoms with Crippen molar-refractivity contribution in [1.82, 2.24) is 5.32 Å². The van der Waals surface area contributed by atoms with Crippen LogP contribution >= 0.6 is 0 Å². The van der Waals surface area contributed by atoms with E-state index in [4.69, 9.17) is 0 Å². The average Bonchev–Trinajstić information content (AvgIpc) is 3.09. The first-order valence-electron chi connectivity index (χ1n) is 20.0. The summed E-state index contributed by atoms with van der Waals surface area (Å²) in [5.74, 6) is -0.608. The molecule has 0 saturated heterocycles. The fraction of sp³-hybridized carbons (Fsp3) is 0.786. The monoisotopic (exact) mass is 676 g/mol. The fourth-order valence-corrected chi connectivity index (χ4v) is 5.87. The van der Waals surface area contributed by atoms with E-state index in [0.717, 1.165) is 51.4 Å². The minimum Gasteiger partial charge on any atom is -0.394 e. The molecule has 1 amide bonds. The third-order valence-corrected chi connectivity index (χ3v) is 9.08. The van der Waals surface area contributed by atoms with E-state index in [0.29, 0.717) is 19.3 Å². The summed E-state index contributed by atoms with van der Waals surface area (Å²) >= 11 is 0. The Morgan fingerprint density at radius 3 is 1.56 bits per heavy atom. The molecule has 0 spiro atoms. The molecule has 0 rings (SSSR count). The van der Waals surface area contributed by atoms with E-state index >= 15 is 0 Å². The van der Waals surface area contributed by atoms with Gasteiger partial charge in [-0.1, -0.05) is 152 Å². The van der Waals surface area contributed by atoms with E-state index in [1.165, 1.54) is 96.3 Å². The highest BCUT2D eigenvalue weighted by Crippen LogP contribution is 2.14. The number of amides is 1. The van der Waals surface area contributed by atoms with Crippen LogP contribution in [0.4, 0.5) is 0 Å². The molecule has 0 fully saturated rings. The summed E-state index contributed by atoms with van der Waals surface area (Å²) < 4.78 is 0. The predicted octanol–water partition coefficient (Wildman–Crippen LogP) is 9.95. The van der Waals surface area contributed by atoms with Crippen molar-refractivity contribution >= 4 is 5.91 Å². The fourth-order valence-electron chi connectivity index (χ4n) is 5.87. The smallest absolute Gasteiger partial charge is 0.249 e. The van der Waals surface area contributed by atoms with Gasteiger partial charge in [0.05, 0.1) is 18.8 Å². The first kappa shape index (κ1) is 46.3. The second-order valence-corrected chi connectivity index (χ2v) is 13.6. The lowest BCUT2D eigenvalue weighted by molar-refractivity contribution is -0.132. The number of rotatable bonds is 35. The first-order chi connectivity index (χ1) is 23.5. The number of nitrogens with one attached hydrogen (secondary N) is 1. The van der Waals surface area contributed by atoms with Crippen molar-refractivity contribution < 1.29 is 25.2 Å². The Morgan fingerprint density at radius 2 is 1.02 bits per heavy atom. The maximum absolute atomic E-state index is 12.4. The van der Waals surface area contributed by atoms with Crippen molar-refractivity contribution in [1.29, 1.82) is 0 Å². The molecule has 280 valence electrons. The summed E-state index contributed by atoms with van der Waals surface area (Å²) in [4.78, 5) is 12.4. The van der Waals surface area contributed by atoms with Crippen molar-refractivity contribution in [2.24, 2.45) is 0 Å². The normalized spacial score (nSPS) is 14.9. The molecule has 4 atom stereocenters. The molecule has 0 bridgehead atoms. The summed E-state index contributed by atoms with van der Waals surface area (Å²) in [5.41, 5.74) is 0. The number of hydrogen-bond acceptors (Lipinski definition) is 5. The highest BCUT2D eigenvalue weighted by molar-refractivity contribution is 5.80. The number of hydrogen-bond donors (Lipinski definition) is 5. The van der Waals surface area contributed by atoms with Gasteiger partial charge >= 0.3 is 0 Å². The second kappa shape index (κ2) is 36.5. The van der Waals surface area contributed by atoms with Crippen LogP contribution in [0.3, 0.4) is 0 Å². The van der Waals surface area contributed by atoms with Gasteiger partial charge in [-0.25, -0.2) is 0 Å². The molecule has 0 aliphatic heterocycles. The molecule has 6 nitrogen and oxygen atoms in total. The van der Waals surface area contributed by atoms with Gasteiger partial charge in [0.1, 0.15) is 12.2 Å². The Morgan fingerprint density at radius 1 is 0.562 bits per heavy atom. The van der Waals surface area contributed by atoms with Crippen LogP contribution in [0.15, 0.2) is 48.6 Å². The Balaban J connectivity index is 3.73. The van der Waals surface area contributed by atoms with Gasteiger partial charge in [-0.3, -0.25) is 4.79 Å². The van der Waals surface area contributed by atoms with E-state index in [-0.39, 0.29) is 0 Å². The van der Waals surface area contributed by atoms with E-state index in [2.05, 4.69) is 54.8 Å². The molecule has 4 unspecified atom stereocenters. The minimum atomic E-state index is -1.29. The molecule has 6 heteroatoms. The quantitative estimate of drug-likeness (QED) is 0.0339. The molecule has 5 N–H and O–H groups in total. The lowest BCUT2D eigenvalue weighted by Gasteiger charge is -2.27. The van der Waals surface area contributed by atoms with Crippen LogP contribution in [0, 0.1) is 0 Å². The molecular weight excluding hydrogens is 598 g/mol. The molecule has 0 aliphatic carbocycles. The number of allylic oxidation sites excluding steroid dienone is 8. The van der Waals surface area contributed by atoms with Gasteiger partial charge < -0.3 is 25.7 Å². The molecule has 0 aromatic heterocycles. The predicted molar refractivity (Wildman–Crippen MR) is 205 cm³/mol. The molecule has 48 heavy (non-hydrogen) atoms. The molecule has 0 aliphatic rings. The Hall–Kier alpha value is -1.73. The largest absolute Gasteiger partial charge is 0.394 e. The summed E-state index contributed by atoms with van der Waals surface area (Å²) in [7, 11) is 0. The second-order valence-electron chi connectivity index (χ2n) is 13.6. The molecule has 0 saturated carbocycles. The van der Waals surface area contributed by atoms with Gasteiger partial charge in [-0.05, 0) is 77.6 Å². The van der Waals surface area contributed by atoms with Crippen LogP contribution in [-0.4, -0.2) is 57.3 Å². The first-order valence-corrected chi connectivity index (χ1v) is 20.0. The lowest BCUT2D eigenvalue weighted by atomic mass is 10.00. The van der Waals surface area contributed by atoms with Crippen molar-refractivity contribution in [3.63, 3.8) is 0 Å². The van der Waals surface area contributed by atoms with E-state index < -0.39 is 36.9 Å². The SMILES string of the molecule is C/C=C/CC/C=C/CCCC(O)C(O)C(CO)NC(=O)C(O)CCCCCCCCCC/C=C\C/C=C\CCCCCCCCCCC. The lowest BCUT2D eigenvalue weighted by Crippen LogP contribution is -2.53. The van der Waals surface area contributed by atoms with E-state index in [9.17, 15) is 25.2 Å². The highest BCUT2D eigenvalue weighted by atomic mass is 16.3. The standard InChI is InChI=1S/C42H77NO5/c1-3-5-7-9-11-13-14-15-16-17-18-19-20-21-22-23-24-25-26-27-28-30-32-34-36-40(46)42(48)43-38(37-44)41(47)39(45)35-33-31-29-12-10-8-6-4-2/h4,6,12,18-19,21-22,29,38-41,44-47H,3,5,7-11,13-17,20,23-28,30-37H2,1-2H3,(H,43,48)/b6-4+,19-18-,22-21-,29-12+. The van der Waals surface area contributed by atoms with Crippen LogP contribution in [0.25, 0.3) is 0 Å². The highest BCUT2D eigenvalue weighted by Gasteiger charge is 2.28.